The number of ether oxygens (including phenoxy) is 1. The van der Waals surface area contributed by atoms with Gasteiger partial charge in [0.2, 0.25) is 0 Å². The molecular weight excluding hydrogens is 238 g/mol. The molecule has 0 radical (unpaired) electrons. The molecule has 2 fully saturated rings. The van der Waals surface area contributed by atoms with Gasteiger partial charge in [0, 0.05) is 5.54 Å². The SMILES string of the molecule is CCOC(=O)CC1(N2CCCC2)CCCCC1(C)C. The maximum Gasteiger partial charge on any atom is 0.307 e. The highest BCUT2D eigenvalue weighted by molar-refractivity contribution is 5.71. The normalized spacial score (nSPS) is 31.3. The van der Waals surface area contributed by atoms with Crippen molar-refractivity contribution >= 4 is 5.97 Å². The number of rotatable bonds is 4. The second-order valence-electron chi connectivity index (χ2n) is 6.80. The van der Waals surface area contributed by atoms with Crippen LogP contribution >= 0.6 is 0 Å². The van der Waals surface area contributed by atoms with E-state index >= 15 is 0 Å². The maximum absolute atomic E-state index is 12.1. The van der Waals surface area contributed by atoms with Crippen LogP contribution in [0, 0.1) is 5.41 Å². The van der Waals surface area contributed by atoms with Crippen molar-refractivity contribution in [2.45, 2.75) is 71.3 Å². The number of carbonyl (C=O) groups excluding carboxylic acids is 1. The average molecular weight is 267 g/mol. The highest BCUT2D eigenvalue weighted by Gasteiger charge is 2.52. The minimum absolute atomic E-state index is 0.00984. The zero-order chi connectivity index (χ0) is 13.9. The summed E-state index contributed by atoms with van der Waals surface area (Å²) in [7, 11) is 0. The zero-order valence-electron chi connectivity index (χ0n) is 12.8. The van der Waals surface area contributed by atoms with Crippen LogP contribution in [0.2, 0.25) is 0 Å². The van der Waals surface area contributed by atoms with E-state index in [4.69, 9.17) is 4.74 Å². The molecular formula is C16H29NO2. The van der Waals surface area contributed by atoms with Gasteiger partial charge in [0.15, 0.2) is 0 Å². The highest BCUT2D eigenvalue weighted by atomic mass is 16.5. The van der Waals surface area contributed by atoms with Gasteiger partial charge in [-0.25, -0.2) is 0 Å². The summed E-state index contributed by atoms with van der Waals surface area (Å²) >= 11 is 0. The van der Waals surface area contributed by atoms with Crippen molar-refractivity contribution in [2.24, 2.45) is 5.41 Å². The molecule has 3 heteroatoms. The Labute approximate surface area is 117 Å². The number of hydrogen-bond donors (Lipinski definition) is 0. The summed E-state index contributed by atoms with van der Waals surface area (Å²) in [5.74, 6) is -0.00984. The fraction of sp³-hybridized carbons (Fsp3) is 0.938. The lowest BCUT2D eigenvalue weighted by molar-refractivity contribution is -0.151. The molecule has 0 N–H and O–H groups in total. The number of esters is 1. The van der Waals surface area contributed by atoms with Crippen LogP contribution in [0.3, 0.4) is 0 Å². The van der Waals surface area contributed by atoms with Crippen molar-refractivity contribution in [2.75, 3.05) is 19.7 Å². The first-order valence-corrected chi connectivity index (χ1v) is 7.92. The van der Waals surface area contributed by atoms with E-state index in [2.05, 4.69) is 18.7 Å². The highest BCUT2D eigenvalue weighted by Crippen LogP contribution is 2.50. The summed E-state index contributed by atoms with van der Waals surface area (Å²) in [5, 5.41) is 0. The Morgan fingerprint density at radius 3 is 2.32 bits per heavy atom. The molecule has 3 nitrogen and oxygen atoms in total. The average Bonchev–Trinajstić information content (AvgIpc) is 2.86. The number of hydrogen-bond acceptors (Lipinski definition) is 3. The number of likely N-dealkylation sites (tertiary alicyclic amines) is 1. The van der Waals surface area contributed by atoms with Crippen molar-refractivity contribution in [3.8, 4) is 0 Å². The van der Waals surface area contributed by atoms with Crippen molar-refractivity contribution in [3.05, 3.63) is 0 Å². The third-order valence-electron chi connectivity index (χ3n) is 5.36. The molecule has 0 aromatic rings. The third-order valence-corrected chi connectivity index (χ3v) is 5.36. The first kappa shape index (κ1) is 14.8. The number of nitrogens with zero attached hydrogens (tertiary/aromatic N) is 1. The fourth-order valence-corrected chi connectivity index (χ4v) is 4.18. The lowest BCUT2D eigenvalue weighted by atomic mass is 9.61. The monoisotopic (exact) mass is 267 g/mol. The molecule has 1 saturated carbocycles. The van der Waals surface area contributed by atoms with E-state index in [1.165, 1.54) is 32.1 Å². The van der Waals surface area contributed by atoms with Gasteiger partial charge in [0.05, 0.1) is 13.0 Å². The topological polar surface area (TPSA) is 29.5 Å². The standard InChI is InChI=1S/C16H29NO2/c1-4-19-14(18)13-16(17-11-7-8-12-17)10-6-5-9-15(16,2)3/h4-13H2,1-3H3. The molecule has 19 heavy (non-hydrogen) atoms. The van der Waals surface area contributed by atoms with Crippen LogP contribution in [0.15, 0.2) is 0 Å². The molecule has 1 unspecified atom stereocenters. The summed E-state index contributed by atoms with van der Waals surface area (Å²) in [4.78, 5) is 14.7. The van der Waals surface area contributed by atoms with Crippen LogP contribution in [0.5, 0.6) is 0 Å². The van der Waals surface area contributed by atoms with Gasteiger partial charge >= 0.3 is 5.97 Å². The summed E-state index contributed by atoms with van der Waals surface area (Å²) in [6.07, 6.45) is 8.06. The Balaban J connectivity index is 2.23. The quantitative estimate of drug-likeness (QED) is 0.731. The molecule has 0 spiro atoms. The molecule has 0 aromatic heterocycles. The van der Waals surface area contributed by atoms with Gasteiger partial charge in [-0.05, 0) is 51.1 Å². The minimum atomic E-state index is -0.00984. The second-order valence-corrected chi connectivity index (χ2v) is 6.80. The van der Waals surface area contributed by atoms with E-state index in [1.807, 2.05) is 6.92 Å². The Hall–Kier alpha value is -0.570. The Morgan fingerprint density at radius 2 is 1.74 bits per heavy atom. The largest absolute Gasteiger partial charge is 0.466 e. The molecule has 110 valence electrons. The van der Waals surface area contributed by atoms with Crippen LogP contribution in [-0.4, -0.2) is 36.1 Å². The molecule has 1 aliphatic heterocycles. The molecule has 0 bridgehead atoms. The molecule has 1 saturated heterocycles. The lowest BCUT2D eigenvalue weighted by Crippen LogP contribution is -2.59. The summed E-state index contributed by atoms with van der Waals surface area (Å²) in [5.41, 5.74) is 0.246. The summed E-state index contributed by atoms with van der Waals surface area (Å²) < 4.78 is 5.26. The molecule has 1 aliphatic carbocycles. The first-order valence-electron chi connectivity index (χ1n) is 7.92. The predicted molar refractivity (Wildman–Crippen MR) is 77.0 cm³/mol. The Kier molecular flexibility index (Phi) is 4.54. The first-order chi connectivity index (χ1) is 9.02. The molecule has 0 amide bonds. The lowest BCUT2D eigenvalue weighted by Gasteiger charge is -2.55. The third kappa shape index (κ3) is 2.81. The van der Waals surface area contributed by atoms with Gasteiger partial charge in [-0.2, -0.15) is 0 Å². The predicted octanol–water partition coefficient (Wildman–Crippen LogP) is 3.37. The van der Waals surface area contributed by atoms with Gasteiger partial charge in [-0.15, -0.1) is 0 Å². The van der Waals surface area contributed by atoms with Crippen LogP contribution in [0.1, 0.15) is 65.7 Å². The molecule has 1 atom stereocenters. The van der Waals surface area contributed by atoms with E-state index in [9.17, 15) is 4.79 Å². The number of carbonyl (C=O) groups is 1. The van der Waals surface area contributed by atoms with Gasteiger partial charge in [0.25, 0.3) is 0 Å². The minimum Gasteiger partial charge on any atom is -0.466 e. The zero-order valence-corrected chi connectivity index (χ0v) is 12.8. The van der Waals surface area contributed by atoms with Gasteiger partial charge in [-0.1, -0.05) is 26.7 Å². The second kappa shape index (κ2) is 5.82. The molecule has 0 aromatic carbocycles. The Bertz CT molecular complexity index is 321. The fourth-order valence-electron chi connectivity index (χ4n) is 4.18. The van der Waals surface area contributed by atoms with E-state index in [1.54, 1.807) is 0 Å². The van der Waals surface area contributed by atoms with Gasteiger partial charge < -0.3 is 4.74 Å². The smallest absolute Gasteiger partial charge is 0.307 e. The van der Waals surface area contributed by atoms with Crippen LogP contribution in [0.4, 0.5) is 0 Å². The maximum atomic E-state index is 12.1. The Morgan fingerprint density at radius 1 is 1.11 bits per heavy atom. The summed E-state index contributed by atoms with van der Waals surface area (Å²) in [6.45, 7) is 9.40. The van der Waals surface area contributed by atoms with Crippen LogP contribution in [-0.2, 0) is 9.53 Å². The van der Waals surface area contributed by atoms with Crippen LogP contribution < -0.4 is 0 Å². The van der Waals surface area contributed by atoms with Crippen molar-refractivity contribution in [1.82, 2.24) is 4.90 Å². The van der Waals surface area contributed by atoms with Gasteiger partial charge in [0.1, 0.15) is 0 Å². The van der Waals surface area contributed by atoms with Crippen LogP contribution in [0.25, 0.3) is 0 Å². The van der Waals surface area contributed by atoms with E-state index in [-0.39, 0.29) is 16.9 Å². The van der Waals surface area contributed by atoms with Crippen molar-refractivity contribution in [3.63, 3.8) is 0 Å². The molecule has 1 heterocycles. The molecule has 2 aliphatic rings. The van der Waals surface area contributed by atoms with Crippen molar-refractivity contribution in [1.29, 1.82) is 0 Å². The van der Waals surface area contributed by atoms with Crippen molar-refractivity contribution < 1.29 is 9.53 Å². The van der Waals surface area contributed by atoms with E-state index in [0.717, 1.165) is 19.5 Å². The van der Waals surface area contributed by atoms with E-state index in [0.29, 0.717) is 13.0 Å². The summed E-state index contributed by atoms with van der Waals surface area (Å²) in [6, 6.07) is 0. The van der Waals surface area contributed by atoms with Gasteiger partial charge in [-0.3, -0.25) is 9.69 Å². The van der Waals surface area contributed by atoms with E-state index < -0.39 is 0 Å². The molecule has 2 rings (SSSR count).